The summed E-state index contributed by atoms with van der Waals surface area (Å²) in [6.45, 7) is 3.83. The Hall–Kier alpha value is -1.06. The lowest BCUT2D eigenvalue weighted by Gasteiger charge is -2.26. The predicted octanol–water partition coefficient (Wildman–Crippen LogP) is 3.37. The maximum Gasteiger partial charge on any atom is 0.339 e. The van der Waals surface area contributed by atoms with Gasteiger partial charge < -0.3 is 9.64 Å². The lowest BCUT2D eigenvalue weighted by atomic mass is 10.1. The van der Waals surface area contributed by atoms with Crippen LogP contribution in [0.5, 0.6) is 0 Å². The molecule has 1 fully saturated rings. The van der Waals surface area contributed by atoms with E-state index < -0.39 is 0 Å². The summed E-state index contributed by atoms with van der Waals surface area (Å²) >= 11 is 5.94. The van der Waals surface area contributed by atoms with Crippen molar-refractivity contribution in [3.8, 4) is 0 Å². The van der Waals surface area contributed by atoms with Gasteiger partial charge in [0.1, 0.15) is 0 Å². The van der Waals surface area contributed by atoms with Gasteiger partial charge >= 0.3 is 5.97 Å². The molecule has 19 heavy (non-hydrogen) atoms. The smallest absolute Gasteiger partial charge is 0.339 e. The Morgan fingerprint density at radius 1 is 1.21 bits per heavy atom. The van der Waals surface area contributed by atoms with Gasteiger partial charge in [-0.3, -0.25) is 0 Å². The molecule has 0 unspecified atom stereocenters. The molecule has 0 atom stereocenters. The van der Waals surface area contributed by atoms with Crippen LogP contribution in [0, 0.1) is 0 Å². The minimum absolute atomic E-state index is 0.329. The average Bonchev–Trinajstić information content (AvgIpc) is 2.45. The van der Waals surface area contributed by atoms with E-state index in [0.29, 0.717) is 17.2 Å². The molecule has 1 aliphatic heterocycles. The van der Waals surface area contributed by atoms with Gasteiger partial charge in [-0.15, -0.1) is 0 Å². The second kappa shape index (κ2) is 7.51. The third-order valence-corrected chi connectivity index (χ3v) is 3.72. The number of ether oxygens (including phenoxy) is 1. The Kier molecular flexibility index (Phi) is 5.67. The van der Waals surface area contributed by atoms with Crippen LogP contribution in [0.15, 0.2) is 24.3 Å². The van der Waals surface area contributed by atoms with Crippen LogP contribution in [0.2, 0.25) is 5.02 Å². The summed E-state index contributed by atoms with van der Waals surface area (Å²) in [4.78, 5) is 14.2. The van der Waals surface area contributed by atoms with Gasteiger partial charge in [0.05, 0.1) is 17.2 Å². The molecule has 0 radical (unpaired) electrons. The number of carbonyl (C=O) groups is 1. The molecule has 1 saturated heterocycles. The Labute approximate surface area is 119 Å². The van der Waals surface area contributed by atoms with Crippen LogP contribution >= 0.6 is 11.6 Å². The number of hydrogen-bond donors (Lipinski definition) is 0. The predicted molar refractivity (Wildman–Crippen MR) is 76.6 cm³/mol. The molecule has 0 saturated carbocycles. The quantitative estimate of drug-likeness (QED) is 0.612. The monoisotopic (exact) mass is 281 g/mol. The third kappa shape index (κ3) is 4.51. The lowest BCUT2D eigenvalue weighted by molar-refractivity contribution is 0.0485. The minimum Gasteiger partial charge on any atom is -0.462 e. The Balaban J connectivity index is 1.68. The summed E-state index contributed by atoms with van der Waals surface area (Å²) < 4.78 is 5.25. The average molecular weight is 282 g/mol. The fourth-order valence-electron chi connectivity index (χ4n) is 2.34. The van der Waals surface area contributed by atoms with Crippen molar-refractivity contribution in [2.24, 2.45) is 0 Å². The van der Waals surface area contributed by atoms with Gasteiger partial charge in [-0.05, 0) is 44.5 Å². The Morgan fingerprint density at radius 3 is 2.68 bits per heavy atom. The van der Waals surface area contributed by atoms with E-state index in [1.807, 2.05) is 0 Å². The van der Waals surface area contributed by atoms with E-state index in [1.54, 1.807) is 24.3 Å². The van der Waals surface area contributed by atoms with Gasteiger partial charge in [0.2, 0.25) is 0 Å². The first-order valence-electron chi connectivity index (χ1n) is 6.91. The highest BCUT2D eigenvalue weighted by molar-refractivity contribution is 6.33. The van der Waals surface area contributed by atoms with Crippen LogP contribution in [0.3, 0.4) is 0 Å². The van der Waals surface area contributed by atoms with Crippen LogP contribution in [0.25, 0.3) is 0 Å². The van der Waals surface area contributed by atoms with Gasteiger partial charge in [-0.25, -0.2) is 4.79 Å². The van der Waals surface area contributed by atoms with E-state index in [4.69, 9.17) is 16.3 Å². The molecule has 0 N–H and O–H groups in total. The van der Waals surface area contributed by atoms with Crippen molar-refractivity contribution >= 4 is 17.6 Å². The first-order valence-corrected chi connectivity index (χ1v) is 7.29. The molecule has 0 aromatic heterocycles. The summed E-state index contributed by atoms with van der Waals surface area (Å²) in [5.41, 5.74) is 0.446. The van der Waals surface area contributed by atoms with E-state index in [2.05, 4.69) is 4.90 Å². The number of piperidine rings is 1. The first-order chi connectivity index (χ1) is 9.27. The molecule has 1 aromatic rings. The van der Waals surface area contributed by atoms with Crippen molar-refractivity contribution in [1.82, 2.24) is 4.90 Å². The number of carbonyl (C=O) groups excluding carboxylic acids is 1. The SMILES string of the molecule is O=C(OCCCN1CCCCC1)c1ccccc1Cl. The molecule has 0 amide bonds. The third-order valence-electron chi connectivity index (χ3n) is 3.39. The molecular weight excluding hydrogens is 262 g/mol. The van der Waals surface area contributed by atoms with Crippen LogP contribution in [0.1, 0.15) is 36.0 Å². The normalized spacial score (nSPS) is 16.3. The Bertz CT molecular complexity index is 416. The maximum absolute atomic E-state index is 11.8. The molecule has 104 valence electrons. The van der Waals surface area contributed by atoms with Crippen LogP contribution in [-0.2, 0) is 4.74 Å². The molecule has 0 spiro atoms. The van der Waals surface area contributed by atoms with Crippen LogP contribution in [0.4, 0.5) is 0 Å². The topological polar surface area (TPSA) is 29.5 Å². The molecule has 1 aromatic carbocycles. The summed E-state index contributed by atoms with van der Waals surface area (Å²) in [5, 5.41) is 0.448. The van der Waals surface area contributed by atoms with Crippen molar-refractivity contribution in [3.63, 3.8) is 0 Å². The number of benzene rings is 1. The molecule has 1 aliphatic rings. The van der Waals surface area contributed by atoms with Crippen molar-refractivity contribution in [2.45, 2.75) is 25.7 Å². The zero-order valence-electron chi connectivity index (χ0n) is 11.1. The Morgan fingerprint density at radius 2 is 1.95 bits per heavy atom. The fourth-order valence-corrected chi connectivity index (χ4v) is 2.55. The largest absolute Gasteiger partial charge is 0.462 e. The van der Waals surface area contributed by atoms with Crippen molar-refractivity contribution in [1.29, 1.82) is 0 Å². The van der Waals surface area contributed by atoms with Gasteiger partial charge in [0.25, 0.3) is 0 Å². The van der Waals surface area contributed by atoms with Crippen molar-refractivity contribution in [2.75, 3.05) is 26.2 Å². The zero-order chi connectivity index (χ0) is 13.5. The standard InChI is InChI=1S/C15H20ClNO2/c16-14-8-3-2-7-13(14)15(18)19-12-6-11-17-9-4-1-5-10-17/h2-3,7-8H,1,4-6,9-12H2. The minimum atomic E-state index is -0.329. The lowest BCUT2D eigenvalue weighted by Crippen LogP contribution is -2.31. The van der Waals surface area contributed by atoms with Crippen LogP contribution < -0.4 is 0 Å². The second-order valence-electron chi connectivity index (χ2n) is 4.87. The number of likely N-dealkylation sites (tertiary alicyclic amines) is 1. The number of hydrogen-bond acceptors (Lipinski definition) is 3. The molecule has 0 aliphatic carbocycles. The van der Waals surface area contributed by atoms with E-state index in [-0.39, 0.29) is 5.97 Å². The van der Waals surface area contributed by atoms with Crippen molar-refractivity contribution in [3.05, 3.63) is 34.9 Å². The number of rotatable bonds is 5. The fraction of sp³-hybridized carbons (Fsp3) is 0.533. The maximum atomic E-state index is 11.8. The van der Waals surface area contributed by atoms with Gasteiger partial charge in [-0.1, -0.05) is 30.2 Å². The summed E-state index contributed by atoms with van der Waals surface area (Å²) in [6, 6.07) is 6.98. The van der Waals surface area contributed by atoms with E-state index >= 15 is 0 Å². The van der Waals surface area contributed by atoms with Crippen molar-refractivity contribution < 1.29 is 9.53 Å². The highest BCUT2D eigenvalue weighted by Crippen LogP contribution is 2.16. The first kappa shape index (κ1) is 14.4. The highest BCUT2D eigenvalue weighted by atomic mass is 35.5. The molecule has 2 rings (SSSR count). The van der Waals surface area contributed by atoms with E-state index in [9.17, 15) is 4.79 Å². The number of esters is 1. The van der Waals surface area contributed by atoms with E-state index in [0.717, 1.165) is 13.0 Å². The summed E-state index contributed by atoms with van der Waals surface area (Å²) in [5.74, 6) is -0.329. The molecule has 3 nitrogen and oxygen atoms in total. The zero-order valence-corrected chi connectivity index (χ0v) is 11.9. The highest BCUT2D eigenvalue weighted by Gasteiger charge is 2.12. The van der Waals surface area contributed by atoms with E-state index in [1.165, 1.54) is 32.4 Å². The summed E-state index contributed by atoms with van der Waals surface area (Å²) in [7, 11) is 0. The number of halogens is 1. The van der Waals surface area contributed by atoms with Gasteiger partial charge in [-0.2, -0.15) is 0 Å². The number of nitrogens with zero attached hydrogens (tertiary/aromatic N) is 1. The van der Waals surface area contributed by atoms with Gasteiger partial charge in [0, 0.05) is 6.54 Å². The molecular formula is C15H20ClNO2. The molecule has 0 bridgehead atoms. The molecule has 4 heteroatoms. The van der Waals surface area contributed by atoms with Gasteiger partial charge in [0.15, 0.2) is 0 Å². The van der Waals surface area contributed by atoms with Crippen LogP contribution in [-0.4, -0.2) is 37.1 Å². The molecule has 1 heterocycles. The summed E-state index contributed by atoms with van der Waals surface area (Å²) in [6.07, 6.45) is 4.81. The second-order valence-corrected chi connectivity index (χ2v) is 5.28.